The average molecular weight is 304 g/mol. The number of Topliss-reactive ketones (excluding diaryl/α,β-unsaturated/α-hetero) is 1. The second kappa shape index (κ2) is 5.35. The van der Waals surface area contributed by atoms with Crippen LogP contribution in [0.1, 0.15) is 12.7 Å². The van der Waals surface area contributed by atoms with Crippen LogP contribution in [0.5, 0.6) is 0 Å². The Morgan fingerprint density at radius 3 is 2.44 bits per heavy atom. The second-order valence-electron chi connectivity index (χ2n) is 3.89. The molecule has 0 N–H and O–H groups in total. The summed E-state index contributed by atoms with van der Waals surface area (Å²) in [6, 6.07) is 6.70. The Hall–Kier alpha value is -0.960. The van der Waals surface area contributed by atoms with Gasteiger partial charge in [0, 0.05) is 5.56 Å². The minimum Gasteiger partial charge on any atom is -0.461 e. The summed E-state index contributed by atoms with van der Waals surface area (Å²) in [4.78, 5) is 11.0. The maximum absolute atomic E-state index is 11.0. The quantitative estimate of drug-likeness (QED) is 0.744. The van der Waals surface area contributed by atoms with Gasteiger partial charge in [0.1, 0.15) is 17.3 Å². The number of carbonyl (C=O) groups excluding carboxylic acids is 1. The molecule has 18 heavy (non-hydrogen) atoms. The van der Waals surface area contributed by atoms with Gasteiger partial charge in [-0.1, -0.05) is 34.8 Å². The Balaban J connectivity index is 2.40. The summed E-state index contributed by atoms with van der Waals surface area (Å²) < 4.78 is 5.55. The molecule has 5 heteroatoms. The molecule has 0 atom stereocenters. The number of furan rings is 1. The van der Waals surface area contributed by atoms with Gasteiger partial charge in [0.25, 0.3) is 0 Å². The molecule has 0 fully saturated rings. The molecule has 94 valence electrons. The van der Waals surface area contributed by atoms with Crippen molar-refractivity contribution < 1.29 is 9.21 Å². The molecule has 0 unspecified atom stereocenters. The zero-order chi connectivity index (χ0) is 13.3. The smallest absolute Gasteiger partial charge is 0.137 e. The largest absolute Gasteiger partial charge is 0.461 e. The highest BCUT2D eigenvalue weighted by Gasteiger charge is 2.12. The molecule has 0 bridgehead atoms. The van der Waals surface area contributed by atoms with Gasteiger partial charge in [-0.05, 0) is 31.2 Å². The molecule has 0 saturated carbocycles. The first-order valence-corrected chi connectivity index (χ1v) is 6.34. The van der Waals surface area contributed by atoms with Crippen LogP contribution in [0.4, 0.5) is 0 Å². The molecule has 0 aliphatic rings. The minimum absolute atomic E-state index is 0.0381. The SMILES string of the molecule is CC(=O)Cc1ccc(-c2cc(Cl)c(Cl)cc2Cl)o1. The van der Waals surface area contributed by atoms with Crippen LogP contribution in [0, 0.1) is 0 Å². The second-order valence-corrected chi connectivity index (χ2v) is 5.11. The predicted molar refractivity (Wildman–Crippen MR) is 73.6 cm³/mol. The van der Waals surface area contributed by atoms with Gasteiger partial charge in [-0.3, -0.25) is 4.79 Å². The molecule has 1 aromatic heterocycles. The van der Waals surface area contributed by atoms with Gasteiger partial charge in [0.15, 0.2) is 0 Å². The van der Waals surface area contributed by atoms with Crippen LogP contribution in [0.2, 0.25) is 15.1 Å². The lowest BCUT2D eigenvalue weighted by atomic mass is 10.2. The lowest BCUT2D eigenvalue weighted by Crippen LogP contribution is -1.93. The van der Waals surface area contributed by atoms with Crippen LogP contribution in [-0.2, 0) is 11.2 Å². The first-order valence-electron chi connectivity index (χ1n) is 5.20. The third-order valence-electron chi connectivity index (χ3n) is 2.36. The van der Waals surface area contributed by atoms with Crippen molar-refractivity contribution in [3.63, 3.8) is 0 Å². The highest BCUT2D eigenvalue weighted by Crippen LogP contribution is 2.35. The molecule has 0 amide bonds. The van der Waals surface area contributed by atoms with Crippen LogP contribution < -0.4 is 0 Å². The number of hydrogen-bond donors (Lipinski definition) is 0. The van der Waals surface area contributed by atoms with E-state index in [4.69, 9.17) is 39.2 Å². The van der Waals surface area contributed by atoms with Crippen molar-refractivity contribution in [3.8, 4) is 11.3 Å². The van der Waals surface area contributed by atoms with Gasteiger partial charge >= 0.3 is 0 Å². The Morgan fingerprint density at radius 2 is 1.78 bits per heavy atom. The van der Waals surface area contributed by atoms with E-state index < -0.39 is 0 Å². The summed E-state index contributed by atoms with van der Waals surface area (Å²) >= 11 is 17.9. The lowest BCUT2D eigenvalue weighted by molar-refractivity contribution is -0.116. The topological polar surface area (TPSA) is 30.2 Å². The predicted octanol–water partition coefficient (Wildman–Crippen LogP) is 5.04. The first kappa shape index (κ1) is 13.5. The number of ketones is 1. The van der Waals surface area contributed by atoms with Gasteiger partial charge in [-0.25, -0.2) is 0 Å². The van der Waals surface area contributed by atoms with Crippen molar-refractivity contribution in [2.24, 2.45) is 0 Å². The van der Waals surface area contributed by atoms with Crippen molar-refractivity contribution >= 4 is 40.6 Å². The van der Waals surface area contributed by atoms with E-state index in [9.17, 15) is 4.79 Å². The molecule has 0 radical (unpaired) electrons. The van der Waals surface area contributed by atoms with E-state index in [1.165, 1.54) is 6.92 Å². The number of rotatable bonds is 3. The van der Waals surface area contributed by atoms with Crippen molar-refractivity contribution in [2.45, 2.75) is 13.3 Å². The molecule has 1 aromatic carbocycles. The van der Waals surface area contributed by atoms with Crippen LogP contribution >= 0.6 is 34.8 Å². The summed E-state index contributed by atoms with van der Waals surface area (Å²) in [7, 11) is 0. The highest BCUT2D eigenvalue weighted by molar-refractivity contribution is 6.44. The van der Waals surface area contributed by atoms with E-state index in [0.29, 0.717) is 32.2 Å². The summed E-state index contributed by atoms with van der Waals surface area (Å²) in [5.74, 6) is 1.20. The van der Waals surface area contributed by atoms with Crippen LogP contribution in [-0.4, -0.2) is 5.78 Å². The molecular weight excluding hydrogens is 294 g/mol. The number of benzene rings is 1. The van der Waals surface area contributed by atoms with Gasteiger partial charge in [0.05, 0.1) is 21.5 Å². The monoisotopic (exact) mass is 302 g/mol. The van der Waals surface area contributed by atoms with Crippen LogP contribution in [0.25, 0.3) is 11.3 Å². The average Bonchev–Trinajstić information content (AvgIpc) is 2.70. The Kier molecular flexibility index (Phi) is 4.00. The van der Waals surface area contributed by atoms with Crippen molar-refractivity contribution in [1.82, 2.24) is 0 Å². The lowest BCUT2D eigenvalue weighted by Gasteiger charge is -2.03. The van der Waals surface area contributed by atoms with E-state index >= 15 is 0 Å². The van der Waals surface area contributed by atoms with E-state index in [1.54, 1.807) is 24.3 Å². The van der Waals surface area contributed by atoms with Crippen LogP contribution in [0.3, 0.4) is 0 Å². The van der Waals surface area contributed by atoms with Crippen molar-refractivity contribution in [3.05, 3.63) is 45.1 Å². The molecule has 2 rings (SSSR count). The maximum atomic E-state index is 11.0. The molecule has 0 saturated heterocycles. The summed E-state index contributed by atoms with van der Waals surface area (Å²) in [5, 5.41) is 1.25. The molecule has 0 aliphatic carbocycles. The third kappa shape index (κ3) is 2.89. The molecule has 2 nitrogen and oxygen atoms in total. The minimum atomic E-state index is 0.0381. The molecule has 0 aliphatic heterocycles. The Labute approximate surface area is 119 Å². The number of halogens is 3. The Bertz CT molecular complexity index is 602. The third-order valence-corrected chi connectivity index (χ3v) is 3.40. The first-order chi connectivity index (χ1) is 8.47. The fourth-order valence-corrected chi connectivity index (χ4v) is 2.21. The fraction of sp³-hybridized carbons (Fsp3) is 0.154. The molecule has 0 spiro atoms. The van der Waals surface area contributed by atoms with E-state index in [1.807, 2.05) is 0 Å². The normalized spacial score (nSPS) is 10.7. The Morgan fingerprint density at radius 1 is 1.11 bits per heavy atom. The molecule has 2 aromatic rings. The molecule has 1 heterocycles. The van der Waals surface area contributed by atoms with Crippen molar-refractivity contribution in [1.29, 1.82) is 0 Å². The van der Waals surface area contributed by atoms with E-state index in [0.717, 1.165) is 0 Å². The van der Waals surface area contributed by atoms with Crippen molar-refractivity contribution in [2.75, 3.05) is 0 Å². The van der Waals surface area contributed by atoms with E-state index in [-0.39, 0.29) is 12.2 Å². The van der Waals surface area contributed by atoms with Gasteiger partial charge in [-0.2, -0.15) is 0 Å². The number of hydrogen-bond acceptors (Lipinski definition) is 2. The van der Waals surface area contributed by atoms with E-state index in [2.05, 4.69) is 0 Å². The van der Waals surface area contributed by atoms with Gasteiger partial charge in [-0.15, -0.1) is 0 Å². The van der Waals surface area contributed by atoms with Crippen LogP contribution in [0.15, 0.2) is 28.7 Å². The summed E-state index contributed by atoms with van der Waals surface area (Å²) in [6.07, 6.45) is 0.263. The fourth-order valence-electron chi connectivity index (χ4n) is 1.57. The highest BCUT2D eigenvalue weighted by atomic mass is 35.5. The molecular formula is C13H9Cl3O2. The van der Waals surface area contributed by atoms with Gasteiger partial charge < -0.3 is 4.42 Å². The zero-order valence-electron chi connectivity index (χ0n) is 9.47. The number of carbonyl (C=O) groups is 1. The maximum Gasteiger partial charge on any atom is 0.137 e. The zero-order valence-corrected chi connectivity index (χ0v) is 11.7. The van der Waals surface area contributed by atoms with Gasteiger partial charge in [0.2, 0.25) is 0 Å². The summed E-state index contributed by atoms with van der Waals surface area (Å²) in [6.45, 7) is 1.51. The summed E-state index contributed by atoms with van der Waals surface area (Å²) in [5.41, 5.74) is 0.654. The standard InChI is InChI=1S/C13H9Cl3O2/c1-7(17)4-8-2-3-13(18-8)9-5-11(15)12(16)6-10(9)14/h2-3,5-6H,4H2,1H3.